The maximum atomic E-state index is 9.38. The summed E-state index contributed by atoms with van der Waals surface area (Å²) in [6.07, 6.45) is 2.96. The van der Waals surface area contributed by atoms with Gasteiger partial charge >= 0.3 is 0 Å². The molecule has 0 amide bonds. The Labute approximate surface area is 74.1 Å². The molecular weight excluding hydrogens is 166 g/mol. The number of aromatic nitrogens is 2. The van der Waals surface area contributed by atoms with Crippen LogP contribution < -0.4 is 0 Å². The molecule has 0 fully saturated rings. The van der Waals surface area contributed by atoms with Crippen molar-refractivity contribution in [3.8, 4) is 11.8 Å². The van der Waals surface area contributed by atoms with Crippen LogP contribution in [0.25, 0.3) is 11.0 Å². The van der Waals surface area contributed by atoms with Crippen LogP contribution in [0.2, 0.25) is 0 Å². The van der Waals surface area contributed by atoms with Crippen LogP contribution in [0.4, 0.5) is 0 Å². The van der Waals surface area contributed by atoms with E-state index < -0.39 is 0 Å². The molecule has 0 aliphatic heterocycles. The van der Waals surface area contributed by atoms with Crippen LogP contribution in [0.1, 0.15) is 5.56 Å². The van der Waals surface area contributed by atoms with Gasteiger partial charge in [-0.3, -0.25) is 4.98 Å². The van der Waals surface area contributed by atoms with Gasteiger partial charge in [-0.25, -0.2) is 4.98 Å². The Morgan fingerprint density at radius 3 is 2.54 bits per heavy atom. The first-order chi connectivity index (χ1) is 6.33. The lowest BCUT2D eigenvalue weighted by molar-refractivity contribution is 0.480. The van der Waals surface area contributed by atoms with Crippen molar-refractivity contribution in [1.29, 1.82) is 5.26 Å². The first kappa shape index (κ1) is 7.50. The molecule has 0 spiro atoms. The number of phenols is 1. The van der Waals surface area contributed by atoms with Crippen LogP contribution in [-0.2, 0) is 0 Å². The third-order valence-electron chi connectivity index (χ3n) is 1.72. The van der Waals surface area contributed by atoms with E-state index >= 15 is 0 Å². The third kappa shape index (κ3) is 1.07. The van der Waals surface area contributed by atoms with Gasteiger partial charge in [0.25, 0.3) is 0 Å². The predicted molar refractivity (Wildman–Crippen MR) is 45.9 cm³/mol. The van der Waals surface area contributed by atoms with Crippen LogP contribution in [0.15, 0.2) is 24.5 Å². The standard InChI is InChI=1S/C9H5N3O/c10-5-6-1-2-7(13)9-8(6)11-3-4-12-9/h1-4,13H. The SMILES string of the molecule is N#Cc1ccc(O)c2nccnc12. The van der Waals surface area contributed by atoms with Gasteiger partial charge in [-0.1, -0.05) is 0 Å². The van der Waals surface area contributed by atoms with Crippen molar-refractivity contribution in [1.82, 2.24) is 9.97 Å². The highest BCUT2D eigenvalue weighted by Crippen LogP contribution is 2.22. The first-order valence-corrected chi connectivity index (χ1v) is 3.65. The highest BCUT2D eigenvalue weighted by atomic mass is 16.3. The zero-order chi connectivity index (χ0) is 9.26. The molecule has 1 N–H and O–H groups in total. The van der Waals surface area contributed by atoms with Crippen molar-refractivity contribution >= 4 is 11.0 Å². The Hall–Kier alpha value is -2.15. The lowest BCUT2D eigenvalue weighted by Gasteiger charge is -1.99. The fourth-order valence-corrected chi connectivity index (χ4v) is 1.13. The molecule has 0 radical (unpaired) electrons. The van der Waals surface area contributed by atoms with Crippen molar-refractivity contribution in [2.24, 2.45) is 0 Å². The molecule has 2 rings (SSSR count). The molecule has 4 nitrogen and oxygen atoms in total. The molecule has 4 heteroatoms. The second kappa shape index (κ2) is 2.72. The Morgan fingerprint density at radius 1 is 1.15 bits per heavy atom. The van der Waals surface area contributed by atoms with Crippen molar-refractivity contribution in [2.45, 2.75) is 0 Å². The summed E-state index contributed by atoms with van der Waals surface area (Å²) in [6, 6.07) is 4.94. The number of aromatic hydroxyl groups is 1. The molecule has 13 heavy (non-hydrogen) atoms. The van der Waals surface area contributed by atoms with E-state index in [0.717, 1.165) is 0 Å². The van der Waals surface area contributed by atoms with E-state index in [2.05, 4.69) is 9.97 Å². The van der Waals surface area contributed by atoms with Gasteiger partial charge in [0.2, 0.25) is 0 Å². The number of benzene rings is 1. The molecule has 1 aromatic carbocycles. The zero-order valence-corrected chi connectivity index (χ0v) is 6.60. The fraction of sp³-hybridized carbons (Fsp3) is 0. The second-order valence-electron chi connectivity index (χ2n) is 2.50. The Morgan fingerprint density at radius 2 is 1.85 bits per heavy atom. The van der Waals surface area contributed by atoms with E-state index in [0.29, 0.717) is 16.6 Å². The first-order valence-electron chi connectivity index (χ1n) is 3.65. The number of hydrogen-bond donors (Lipinski definition) is 1. The smallest absolute Gasteiger partial charge is 0.143 e. The second-order valence-corrected chi connectivity index (χ2v) is 2.50. The van der Waals surface area contributed by atoms with Gasteiger partial charge in [-0.05, 0) is 12.1 Å². The topological polar surface area (TPSA) is 69.8 Å². The minimum atomic E-state index is 0.0436. The molecule has 0 saturated heterocycles. The van der Waals surface area contributed by atoms with E-state index in [1.54, 1.807) is 0 Å². The number of rotatable bonds is 0. The lowest BCUT2D eigenvalue weighted by Crippen LogP contribution is -1.86. The molecule has 1 aromatic heterocycles. The number of fused-ring (bicyclic) bond motifs is 1. The Bertz CT molecular complexity index is 502. The van der Waals surface area contributed by atoms with E-state index in [9.17, 15) is 5.11 Å². The summed E-state index contributed by atoms with van der Waals surface area (Å²) < 4.78 is 0. The van der Waals surface area contributed by atoms with E-state index in [1.807, 2.05) is 6.07 Å². The lowest BCUT2D eigenvalue weighted by atomic mass is 10.2. The summed E-state index contributed by atoms with van der Waals surface area (Å²) in [6.45, 7) is 0. The minimum Gasteiger partial charge on any atom is -0.506 e. The van der Waals surface area contributed by atoms with Crippen molar-refractivity contribution in [2.75, 3.05) is 0 Å². The van der Waals surface area contributed by atoms with E-state index in [4.69, 9.17) is 5.26 Å². The maximum absolute atomic E-state index is 9.38. The number of nitriles is 1. The number of nitrogens with zero attached hydrogens (tertiary/aromatic N) is 3. The molecule has 62 valence electrons. The molecule has 0 unspecified atom stereocenters. The van der Waals surface area contributed by atoms with E-state index in [-0.39, 0.29) is 5.75 Å². The number of hydrogen-bond acceptors (Lipinski definition) is 4. The monoisotopic (exact) mass is 171 g/mol. The highest BCUT2D eigenvalue weighted by molar-refractivity contribution is 5.85. The van der Waals surface area contributed by atoms with Gasteiger partial charge in [0.1, 0.15) is 22.9 Å². The summed E-state index contributed by atoms with van der Waals surface area (Å²) in [4.78, 5) is 7.89. The zero-order valence-electron chi connectivity index (χ0n) is 6.60. The normalized spacial score (nSPS) is 9.77. The van der Waals surface area contributed by atoms with Crippen molar-refractivity contribution in [3.63, 3.8) is 0 Å². The summed E-state index contributed by atoms with van der Waals surface area (Å²) >= 11 is 0. The number of phenolic OH excluding ortho intramolecular Hbond substituents is 1. The van der Waals surface area contributed by atoms with Gasteiger partial charge in [-0.2, -0.15) is 5.26 Å². The van der Waals surface area contributed by atoms with E-state index in [1.165, 1.54) is 24.5 Å². The Kier molecular flexibility index (Phi) is 1.57. The minimum absolute atomic E-state index is 0.0436. The maximum Gasteiger partial charge on any atom is 0.143 e. The van der Waals surface area contributed by atoms with Crippen molar-refractivity contribution in [3.05, 3.63) is 30.1 Å². The molecule has 2 aromatic rings. The average Bonchev–Trinajstić information content (AvgIpc) is 2.19. The van der Waals surface area contributed by atoms with Crippen LogP contribution in [-0.4, -0.2) is 15.1 Å². The fourth-order valence-electron chi connectivity index (χ4n) is 1.13. The molecule has 0 aliphatic rings. The van der Waals surface area contributed by atoms with Crippen LogP contribution in [0, 0.1) is 11.3 Å². The molecule has 1 heterocycles. The van der Waals surface area contributed by atoms with Gasteiger partial charge in [-0.15, -0.1) is 0 Å². The third-order valence-corrected chi connectivity index (χ3v) is 1.72. The highest BCUT2D eigenvalue weighted by Gasteiger charge is 2.05. The predicted octanol–water partition coefficient (Wildman–Crippen LogP) is 1.21. The largest absolute Gasteiger partial charge is 0.506 e. The average molecular weight is 171 g/mol. The van der Waals surface area contributed by atoms with Crippen LogP contribution >= 0.6 is 0 Å². The summed E-state index contributed by atoms with van der Waals surface area (Å²) in [5.74, 6) is 0.0436. The molecule has 0 bridgehead atoms. The van der Waals surface area contributed by atoms with Gasteiger partial charge in [0.15, 0.2) is 0 Å². The van der Waals surface area contributed by atoms with Crippen LogP contribution in [0.3, 0.4) is 0 Å². The van der Waals surface area contributed by atoms with Crippen LogP contribution in [0.5, 0.6) is 5.75 Å². The summed E-state index contributed by atoms with van der Waals surface area (Å²) in [5.41, 5.74) is 1.22. The molecule has 0 aliphatic carbocycles. The molecular formula is C9H5N3O. The molecule has 0 atom stereocenters. The Balaban J connectivity index is 2.95. The quantitative estimate of drug-likeness (QED) is 0.646. The summed E-state index contributed by atoms with van der Waals surface area (Å²) in [7, 11) is 0. The van der Waals surface area contributed by atoms with Gasteiger partial charge in [0.05, 0.1) is 5.56 Å². The van der Waals surface area contributed by atoms with Gasteiger partial charge < -0.3 is 5.11 Å². The molecule has 0 saturated carbocycles. The summed E-state index contributed by atoms with van der Waals surface area (Å²) in [5, 5.41) is 18.1. The van der Waals surface area contributed by atoms with Gasteiger partial charge in [0, 0.05) is 12.4 Å². The van der Waals surface area contributed by atoms with Crippen molar-refractivity contribution < 1.29 is 5.11 Å².